The normalized spacial score (nSPS) is 18.9. The van der Waals surface area contributed by atoms with Crippen molar-refractivity contribution in [1.29, 1.82) is 0 Å². The predicted octanol–water partition coefficient (Wildman–Crippen LogP) is 0.957. The van der Waals surface area contributed by atoms with E-state index in [0.717, 1.165) is 18.8 Å². The predicted molar refractivity (Wildman–Crippen MR) is 74.2 cm³/mol. The van der Waals surface area contributed by atoms with Gasteiger partial charge in [-0.2, -0.15) is 5.10 Å². The summed E-state index contributed by atoms with van der Waals surface area (Å²) < 4.78 is 14.4. The van der Waals surface area contributed by atoms with E-state index in [4.69, 9.17) is 0 Å². The molecule has 0 bridgehead atoms. The first kappa shape index (κ1) is 13.5. The molecule has 0 aliphatic carbocycles. The number of aryl methyl sites for hydroxylation is 1. The van der Waals surface area contributed by atoms with Crippen LogP contribution in [-0.2, 0) is 11.8 Å². The summed E-state index contributed by atoms with van der Waals surface area (Å²) in [6.07, 6.45) is 5.46. The van der Waals surface area contributed by atoms with Gasteiger partial charge in [-0.15, -0.1) is 0 Å². The van der Waals surface area contributed by atoms with Crippen molar-refractivity contribution in [3.8, 4) is 0 Å². The van der Waals surface area contributed by atoms with Gasteiger partial charge in [0.25, 0.3) is 5.91 Å². The summed E-state index contributed by atoms with van der Waals surface area (Å²) in [4.78, 5) is 21.8. The van der Waals surface area contributed by atoms with Gasteiger partial charge in [0.05, 0.1) is 12.4 Å². The fraction of sp³-hybridized carbons (Fsp3) is 0.385. The van der Waals surface area contributed by atoms with Gasteiger partial charge in [0, 0.05) is 25.9 Å². The second-order valence-electron chi connectivity index (χ2n) is 4.90. The molecule has 0 radical (unpaired) electrons. The highest BCUT2D eigenvalue weighted by atomic mass is 19.1. The number of carbonyl (C=O) groups excluding carboxylic acids is 1. The minimum atomic E-state index is -0.509. The molecule has 1 N–H and O–H groups in total. The molecule has 1 fully saturated rings. The Bertz CT molecular complexity index is 640. The summed E-state index contributed by atoms with van der Waals surface area (Å²) in [5, 5.41) is 7.20. The zero-order valence-corrected chi connectivity index (χ0v) is 11.5. The fourth-order valence-electron chi connectivity index (χ4n) is 2.33. The molecule has 1 atom stereocenters. The van der Waals surface area contributed by atoms with Crippen molar-refractivity contribution >= 4 is 17.7 Å². The van der Waals surface area contributed by atoms with Crippen molar-refractivity contribution in [3.63, 3.8) is 0 Å². The van der Waals surface area contributed by atoms with Crippen molar-refractivity contribution in [3.05, 3.63) is 30.5 Å². The van der Waals surface area contributed by atoms with Crippen LogP contribution >= 0.6 is 0 Å². The first-order valence-corrected chi connectivity index (χ1v) is 6.68. The van der Waals surface area contributed by atoms with Gasteiger partial charge in [-0.3, -0.25) is 14.4 Å². The highest BCUT2D eigenvalue weighted by Gasteiger charge is 2.31. The monoisotopic (exact) mass is 290 g/mol. The Hall–Kier alpha value is -2.51. The fourth-order valence-corrected chi connectivity index (χ4v) is 2.33. The van der Waals surface area contributed by atoms with E-state index in [-0.39, 0.29) is 11.9 Å². The Morgan fingerprint density at radius 3 is 2.81 bits per heavy atom. The summed E-state index contributed by atoms with van der Waals surface area (Å²) in [5.41, 5.74) is 0. The van der Waals surface area contributed by atoms with Crippen molar-refractivity contribution in [2.75, 3.05) is 16.8 Å². The van der Waals surface area contributed by atoms with E-state index in [1.807, 2.05) is 0 Å². The number of anilines is 2. The van der Waals surface area contributed by atoms with Crippen LogP contribution in [0.5, 0.6) is 0 Å². The standard InChI is InChI=1S/C13H15FN6O/c1-19-6-4-11(18-19)20-5-2-3-10(12(20)21)17-13-15-7-9(14)8-16-13/h4,6-8,10H,2-3,5H2,1H3,(H,15,16,17). The van der Waals surface area contributed by atoms with Crippen molar-refractivity contribution in [2.45, 2.75) is 18.9 Å². The number of nitrogens with zero attached hydrogens (tertiary/aromatic N) is 5. The second-order valence-corrected chi connectivity index (χ2v) is 4.90. The summed E-state index contributed by atoms with van der Waals surface area (Å²) in [5.74, 6) is 0.296. The first-order chi connectivity index (χ1) is 10.1. The molecule has 1 unspecified atom stereocenters. The van der Waals surface area contributed by atoms with Gasteiger partial charge in [0.1, 0.15) is 6.04 Å². The third-order valence-corrected chi connectivity index (χ3v) is 3.34. The average Bonchev–Trinajstić information content (AvgIpc) is 2.90. The topological polar surface area (TPSA) is 75.9 Å². The Balaban J connectivity index is 1.74. The van der Waals surface area contributed by atoms with E-state index >= 15 is 0 Å². The van der Waals surface area contributed by atoms with Gasteiger partial charge in [-0.25, -0.2) is 14.4 Å². The van der Waals surface area contributed by atoms with E-state index in [9.17, 15) is 9.18 Å². The van der Waals surface area contributed by atoms with Crippen LogP contribution in [0.1, 0.15) is 12.8 Å². The molecule has 3 heterocycles. The number of rotatable bonds is 3. The van der Waals surface area contributed by atoms with Crippen LogP contribution in [0.15, 0.2) is 24.7 Å². The SMILES string of the molecule is Cn1ccc(N2CCCC(Nc3ncc(F)cn3)C2=O)n1. The van der Waals surface area contributed by atoms with E-state index in [2.05, 4.69) is 20.4 Å². The Labute approximate surface area is 120 Å². The molecule has 0 aromatic carbocycles. The van der Waals surface area contributed by atoms with Gasteiger partial charge in [-0.1, -0.05) is 0 Å². The highest BCUT2D eigenvalue weighted by Crippen LogP contribution is 2.20. The summed E-state index contributed by atoms with van der Waals surface area (Å²) in [6, 6.07) is 1.38. The van der Waals surface area contributed by atoms with Gasteiger partial charge in [0.15, 0.2) is 11.6 Å². The molecule has 8 heteroatoms. The average molecular weight is 290 g/mol. The Kier molecular flexibility index (Phi) is 3.51. The van der Waals surface area contributed by atoms with Crippen molar-refractivity contribution in [2.24, 2.45) is 7.05 Å². The molecule has 0 spiro atoms. The molecule has 0 saturated carbocycles. The van der Waals surface area contributed by atoms with Crippen LogP contribution in [0.25, 0.3) is 0 Å². The van der Waals surface area contributed by atoms with E-state index < -0.39 is 11.9 Å². The second kappa shape index (κ2) is 5.47. The van der Waals surface area contributed by atoms with E-state index in [1.165, 1.54) is 0 Å². The molecular formula is C13H15FN6O. The number of hydrogen-bond acceptors (Lipinski definition) is 5. The Morgan fingerprint density at radius 1 is 1.38 bits per heavy atom. The molecule has 2 aromatic heterocycles. The number of halogens is 1. The molecule has 21 heavy (non-hydrogen) atoms. The minimum absolute atomic E-state index is 0.0760. The first-order valence-electron chi connectivity index (χ1n) is 6.68. The molecule has 1 amide bonds. The van der Waals surface area contributed by atoms with Crippen LogP contribution < -0.4 is 10.2 Å². The maximum absolute atomic E-state index is 12.8. The molecule has 1 aliphatic heterocycles. The summed E-state index contributed by atoms with van der Waals surface area (Å²) in [6.45, 7) is 0.637. The van der Waals surface area contributed by atoms with Gasteiger partial charge >= 0.3 is 0 Å². The van der Waals surface area contributed by atoms with Crippen LogP contribution in [-0.4, -0.2) is 38.2 Å². The number of hydrogen-bond donors (Lipinski definition) is 1. The molecule has 1 saturated heterocycles. The lowest BCUT2D eigenvalue weighted by Crippen LogP contribution is -2.48. The zero-order valence-electron chi connectivity index (χ0n) is 11.5. The van der Waals surface area contributed by atoms with Crippen LogP contribution in [0.2, 0.25) is 0 Å². The molecule has 7 nitrogen and oxygen atoms in total. The molecule has 110 valence electrons. The summed E-state index contributed by atoms with van der Waals surface area (Å²) in [7, 11) is 1.81. The van der Waals surface area contributed by atoms with Gasteiger partial charge < -0.3 is 5.32 Å². The number of nitrogens with one attached hydrogen (secondary N) is 1. The quantitative estimate of drug-likeness (QED) is 0.911. The number of piperidine rings is 1. The van der Waals surface area contributed by atoms with Crippen LogP contribution in [0.3, 0.4) is 0 Å². The maximum atomic E-state index is 12.8. The van der Waals surface area contributed by atoms with Crippen LogP contribution in [0, 0.1) is 5.82 Å². The Morgan fingerprint density at radius 2 is 2.14 bits per heavy atom. The lowest BCUT2D eigenvalue weighted by Gasteiger charge is -2.31. The molecular weight excluding hydrogens is 275 g/mol. The molecule has 1 aliphatic rings. The van der Waals surface area contributed by atoms with E-state index in [1.54, 1.807) is 28.9 Å². The zero-order chi connectivity index (χ0) is 14.8. The minimum Gasteiger partial charge on any atom is -0.342 e. The largest absolute Gasteiger partial charge is 0.342 e. The smallest absolute Gasteiger partial charge is 0.250 e. The van der Waals surface area contributed by atoms with Gasteiger partial charge in [0.2, 0.25) is 5.95 Å². The maximum Gasteiger partial charge on any atom is 0.250 e. The lowest BCUT2D eigenvalue weighted by molar-refractivity contribution is -0.120. The third-order valence-electron chi connectivity index (χ3n) is 3.34. The number of carbonyl (C=O) groups is 1. The van der Waals surface area contributed by atoms with Gasteiger partial charge in [-0.05, 0) is 12.8 Å². The number of aromatic nitrogens is 4. The lowest BCUT2D eigenvalue weighted by atomic mass is 10.1. The number of amides is 1. The van der Waals surface area contributed by atoms with Crippen LogP contribution in [0.4, 0.5) is 16.2 Å². The third kappa shape index (κ3) is 2.83. The van der Waals surface area contributed by atoms with E-state index in [0.29, 0.717) is 18.8 Å². The molecule has 2 aromatic rings. The molecule has 3 rings (SSSR count). The van der Waals surface area contributed by atoms with Crippen molar-refractivity contribution < 1.29 is 9.18 Å². The summed E-state index contributed by atoms with van der Waals surface area (Å²) >= 11 is 0. The van der Waals surface area contributed by atoms with Crippen molar-refractivity contribution in [1.82, 2.24) is 19.7 Å². The highest BCUT2D eigenvalue weighted by molar-refractivity contribution is 5.98.